The van der Waals surface area contributed by atoms with Crippen molar-refractivity contribution in [2.45, 2.75) is 13.1 Å². The maximum absolute atomic E-state index is 13.0. The SMILES string of the molecule is Cc1ccc(O)c(-n2ncc(C(=O)O)c2C(F)(F)F)c1. The van der Waals surface area contributed by atoms with Crippen LogP contribution in [0.5, 0.6) is 5.75 Å². The molecule has 0 aliphatic carbocycles. The standard InChI is InChI=1S/C12H9F3N2O3/c1-6-2-3-9(18)8(4-6)17-10(12(13,14)15)7(5-16-17)11(19)20/h2-5,18H,1H3,(H,19,20). The zero-order valence-electron chi connectivity index (χ0n) is 10.1. The summed E-state index contributed by atoms with van der Waals surface area (Å²) in [5, 5.41) is 21.9. The minimum atomic E-state index is -4.92. The lowest BCUT2D eigenvalue weighted by atomic mass is 10.2. The highest BCUT2D eigenvalue weighted by atomic mass is 19.4. The third-order valence-corrected chi connectivity index (χ3v) is 2.63. The third kappa shape index (κ3) is 2.31. The lowest BCUT2D eigenvalue weighted by Gasteiger charge is -2.13. The number of hydrogen-bond donors (Lipinski definition) is 2. The van der Waals surface area contributed by atoms with E-state index < -0.39 is 29.2 Å². The molecule has 0 aliphatic heterocycles. The summed E-state index contributed by atoms with van der Waals surface area (Å²) in [6.07, 6.45) is -4.31. The van der Waals surface area contributed by atoms with Crippen LogP contribution in [0, 0.1) is 6.92 Å². The van der Waals surface area contributed by atoms with E-state index in [4.69, 9.17) is 5.11 Å². The number of aryl methyl sites for hydroxylation is 1. The molecule has 1 aromatic heterocycles. The highest BCUT2D eigenvalue weighted by molar-refractivity contribution is 5.89. The average molecular weight is 286 g/mol. The van der Waals surface area contributed by atoms with Crippen LogP contribution in [0.3, 0.4) is 0 Å². The summed E-state index contributed by atoms with van der Waals surface area (Å²) in [4.78, 5) is 10.8. The molecular formula is C12H9F3N2O3. The van der Waals surface area contributed by atoms with E-state index in [9.17, 15) is 23.1 Å². The second-order valence-electron chi connectivity index (χ2n) is 4.11. The number of phenolic OH excluding ortho intramolecular Hbond substituents is 1. The molecule has 8 heteroatoms. The van der Waals surface area contributed by atoms with Crippen LogP contribution >= 0.6 is 0 Å². The highest BCUT2D eigenvalue weighted by Crippen LogP contribution is 2.35. The first-order chi connectivity index (χ1) is 9.21. The van der Waals surface area contributed by atoms with Crippen LogP contribution < -0.4 is 0 Å². The molecule has 106 valence electrons. The smallest absolute Gasteiger partial charge is 0.434 e. The number of carboxylic acids is 1. The number of nitrogens with zero attached hydrogens (tertiary/aromatic N) is 2. The molecule has 1 aromatic carbocycles. The number of benzene rings is 1. The summed E-state index contributed by atoms with van der Waals surface area (Å²) in [5.41, 5.74) is -2.05. The van der Waals surface area contributed by atoms with Gasteiger partial charge in [-0.15, -0.1) is 0 Å². The molecule has 2 N–H and O–H groups in total. The van der Waals surface area contributed by atoms with E-state index in [1.165, 1.54) is 18.2 Å². The number of rotatable bonds is 2. The molecule has 0 unspecified atom stereocenters. The van der Waals surface area contributed by atoms with Gasteiger partial charge in [-0.1, -0.05) is 6.07 Å². The summed E-state index contributed by atoms with van der Waals surface area (Å²) >= 11 is 0. The largest absolute Gasteiger partial charge is 0.506 e. The number of phenols is 1. The fourth-order valence-corrected chi connectivity index (χ4v) is 1.76. The second-order valence-corrected chi connectivity index (χ2v) is 4.11. The van der Waals surface area contributed by atoms with Gasteiger partial charge in [-0.3, -0.25) is 0 Å². The zero-order chi connectivity index (χ0) is 15.1. The zero-order valence-corrected chi connectivity index (χ0v) is 10.1. The summed E-state index contributed by atoms with van der Waals surface area (Å²) < 4.78 is 39.4. The van der Waals surface area contributed by atoms with Gasteiger partial charge in [-0.2, -0.15) is 18.3 Å². The Bertz CT molecular complexity index is 677. The van der Waals surface area contributed by atoms with E-state index in [1.807, 2.05) is 0 Å². The van der Waals surface area contributed by atoms with E-state index in [0.29, 0.717) is 16.4 Å². The Morgan fingerprint density at radius 2 is 2.00 bits per heavy atom. The molecule has 0 saturated carbocycles. The molecule has 0 amide bonds. The topological polar surface area (TPSA) is 75.3 Å². The van der Waals surface area contributed by atoms with Crippen molar-refractivity contribution in [2.24, 2.45) is 0 Å². The maximum atomic E-state index is 13.0. The van der Waals surface area contributed by atoms with Gasteiger partial charge in [0.1, 0.15) is 17.0 Å². The lowest BCUT2D eigenvalue weighted by Crippen LogP contribution is -2.17. The number of halogens is 3. The van der Waals surface area contributed by atoms with Crippen LogP contribution in [-0.2, 0) is 6.18 Å². The first-order valence-corrected chi connectivity index (χ1v) is 5.40. The summed E-state index contributed by atoms with van der Waals surface area (Å²) in [6.45, 7) is 1.62. The van der Waals surface area contributed by atoms with Crippen molar-refractivity contribution >= 4 is 5.97 Å². The molecule has 20 heavy (non-hydrogen) atoms. The molecule has 2 rings (SSSR count). The fraction of sp³-hybridized carbons (Fsp3) is 0.167. The Morgan fingerprint density at radius 3 is 2.55 bits per heavy atom. The summed E-state index contributed by atoms with van der Waals surface area (Å²) in [7, 11) is 0. The van der Waals surface area contributed by atoms with Gasteiger partial charge in [0.2, 0.25) is 0 Å². The Kier molecular flexibility index (Phi) is 3.16. The number of hydrogen-bond acceptors (Lipinski definition) is 3. The van der Waals surface area contributed by atoms with Gasteiger partial charge in [0.05, 0.1) is 6.20 Å². The number of aromatic carboxylic acids is 1. The second kappa shape index (κ2) is 4.55. The van der Waals surface area contributed by atoms with Gasteiger partial charge in [-0.05, 0) is 24.6 Å². The van der Waals surface area contributed by atoms with Gasteiger partial charge in [0.25, 0.3) is 0 Å². The predicted molar refractivity (Wildman–Crippen MR) is 61.9 cm³/mol. The van der Waals surface area contributed by atoms with E-state index in [-0.39, 0.29) is 5.69 Å². The van der Waals surface area contributed by atoms with E-state index >= 15 is 0 Å². The summed E-state index contributed by atoms with van der Waals surface area (Å²) in [5.74, 6) is -2.17. The molecule has 0 radical (unpaired) electrons. The number of aromatic nitrogens is 2. The minimum Gasteiger partial charge on any atom is -0.506 e. The van der Waals surface area contributed by atoms with Crippen molar-refractivity contribution in [3.63, 3.8) is 0 Å². The molecule has 0 saturated heterocycles. The van der Waals surface area contributed by atoms with Crippen molar-refractivity contribution in [1.82, 2.24) is 9.78 Å². The maximum Gasteiger partial charge on any atom is 0.434 e. The van der Waals surface area contributed by atoms with E-state index in [2.05, 4.69) is 5.10 Å². The molecule has 0 spiro atoms. The van der Waals surface area contributed by atoms with Crippen molar-refractivity contribution in [3.8, 4) is 11.4 Å². The van der Waals surface area contributed by atoms with Gasteiger partial charge in [0, 0.05) is 0 Å². The number of aromatic hydroxyl groups is 1. The van der Waals surface area contributed by atoms with Crippen molar-refractivity contribution in [1.29, 1.82) is 0 Å². The molecule has 5 nitrogen and oxygen atoms in total. The van der Waals surface area contributed by atoms with Crippen LogP contribution in [0.25, 0.3) is 5.69 Å². The van der Waals surface area contributed by atoms with Crippen LogP contribution in [0.15, 0.2) is 24.4 Å². The van der Waals surface area contributed by atoms with Crippen molar-refractivity contribution in [2.75, 3.05) is 0 Å². The fourth-order valence-electron chi connectivity index (χ4n) is 1.76. The number of alkyl halides is 3. The lowest BCUT2D eigenvalue weighted by molar-refractivity contribution is -0.143. The first-order valence-electron chi connectivity index (χ1n) is 5.40. The normalized spacial score (nSPS) is 11.6. The van der Waals surface area contributed by atoms with E-state index in [0.717, 1.165) is 0 Å². The van der Waals surface area contributed by atoms with Gasteiger partial charge in [-0.25, -0.2) is 9.48 Å². The Morgan fingerprint density at radius 1 is 1.35 bits per heavy atom. The van der Waals surface area contributed by atoms with Crippen molar-refractivity contribution in [3.05, 3.63) is 41.2 Å². The van der Waals surface area contributed by atoms with Crippen molar-refractivity contribution < 1.29 is 28.2 Å². The van der Waals surface area contributed by atoms with Crippen LogP contribution in [-0.4, -0.2) is 26.0 Å². The molecular weight excluding hydrogens is 277 g/mol. The monoisotopic (exact) mass is 286 g/mol. The molecule has 1 heterocycles. The van der Waals surface area contributed by atoms with Gasteiger partial charge >= 0.3 is 12.1 Å². The van der Waals surface area contributed by atoms with Crippen LogP contribution in [0.1, 0.15) is 21.6 Å². The predicted octanol–water partition coefficient (Wildman–Crippen LogP) is 2.60. The summed E-state index contributed by atoms with van der Waals surface area (Å²) in [6, 6.07) is 4.00. The van der Waals surface area contributed by atoms with Crippen LogP contribution in [0.2, 0.25) is 0 Å². The Labute approximate surface area is 110 Å². The quantitative estimate of drug-likeness (QED) is 0.889. The minimum absolute atomic E-state index is 0.232. The molecule has 2 aromatic rings. The Hall–Kier alpha value is -2.51. The molecule has 0 atom stereocenters. The highest BCUT2D eigenvalue weighted by Gasteiger charge is 2.41. The third-order valence-electron chi connectivity index (χ3n) is 2.63. The van der Waals surface area contributed by atoms with Crippen LogP contribution in [0.4, 0.5) is 13.2 Å². The number of carbonyl (C=O) groups is 1. The molecule has 0 bridgehead atoms. The van der Waals surface area contributed by atoms with Gasteiger partial charge in [0.15, 0.2) is 5.69 Å². The van der Waals surface area contributed by atoms with Gasteiger partial charge < -0.3 is 10.2 Å². The Balaban J connectivity index is 2.75. The number of carboxylic acid groups (broad SMARTS) is 1. The van der Waals surface area contributed by atoms with E-state index in [1.54, 1.807) is 6.92 Å². The average Bonchev–Trinajstić information content (AvgIpc) is 2.76. The first kappa shape index (κ1) is 13.9. The molecule has 0 aliphatic rings. The molecule has 0 fully saturated rings.